The van der Waals surface area contributed by atoms with Crippen LogP contribution in [0.25, 0.3) is 0 Å². The van der Waals surface area contributed by atoms with Crippen LogP contribution >= 0.6 is 23.2 Å². The van der Waals surface area contributed by atoms with Gasteiger partial charge < -0.3 is 20.3 Å². The fraction of sp³-hybridized carbons (Fsp3) is 0.286. The topological polar surface area (TPSA) is 117 Å². The zero-order valence-corrected chi connectivity index (χ0v) is 25.0. The van der Waals surface area contributed by atoms with Crippen LogP contribution in [0.1, 0.15) is 24.2 Å². The van der Waals surface area contributed by atoms with Gasteiger partial charge in [-0.2, -0.15) is 0 Å². The SMILES string of the molecule is CN(C)CC(C)(C)CNC(=O)CNC(=O)c1ccc(S(=O)(=O)Nc2ccccc2Oc2ccc(Cl)cc2Cl)cc1. The summed E-state index contributed by atoms with van der Waals surface area (Å²) in [5.41, 5.74) is 0.268. The minimum absolute atomic E-state index is 0.0655. The van der Waals surface area contributed by atoms with Crippen LogP contribution in [0.4, 0.5) is 5.69 Å². The quantitative estimate of drug-likeness (QED) is 0.266. The highest BCUT2D eigenvalue weighted by molar-refractivity contribution is 7.92. The molecule has 3 N–H and O–H groups in total. The highest BCUT2D eigenvalue weighted by atomic mass is 35.5. The minimum Gasteiger partial charge on any atom is -0.454 e. The first-order valence-corrected chi connectivity index (χ1v) is 14.5. The van der Waals surface area contributed by atoms with Crippen LogP contribution in [-0.4, -0.2) is 58.9 Å². The number of ether oxygens (including phenoxy) is 1. The smallest absolute Gasteiger partial charge is 0.262 e. The maximum atomic E-state index is 13.1. The van der Waals surface area contributed by atoms with E-state index in [-0.39, 0.29) is 44.8 Å². The standard InChI is InChI=1S/C28H32Cl2N4O5S/c1-28(2,18-34(3)4)17-32-26(35)16-31-27(36)19-9-12-21(13-10-19)40(37,38)33-23-7-5-6-8-25(23)39-24-14-11-20(29)15-22(24)30/h5-15,33H,16-18H2,1-4H3,(H,31,36)(H,32,35). The third-order valence-corrected chi connectivity index (χ3v) is 7.50. The molecular formula is C28H32Cl2N4O5S. The van der Waals surface area contributed by atoms with E-state index < -0.39 is 15.9 Å². The Morgan fingerprint density at radius 3 is 2.25 bits per heavy atom. The van der Waals surface area contributed by atoms with Crippen molar-refractivity contribution < 1.29 is 22.7 Å². The van der Waals surface area contributed by atoms with Gasteiger partial charge in [0.1, 0.15) is 5.75 Å². The highest BCUT2D eigenvalue weighted by Crippen LogP contribution is 2.35. The van der Waals surface area contributed by atoms with Crippen LogP contribution < -0.4 is 20.1 Å². The molecule has 0 fully saturated rings. The number of para-hydroxylation sites is 2. The maximum absolute atomic E-state index is 13.1. The van der Waals surface area contributed by atoms with Gasteiger partial charge in [0.25, 0.3) is 15.9 Å². The van der Waals surface area contributed by atoms with Gasteiger partial charge in [-0.05, 0) is 74.1 Å². The number of nitrogens with one attached hydrogen (secondary N) is 3. The van der Waals surface area contributed by atoms with Crippen molar-refractivity contribution in [2.45, 2.75) is 18.7 Å². The zero-order valence-electron chi connectivity index (χ0n) is 22.6. The van der Waals surface area contributed by atoms with Gasteiger partial charge in [0, 0.05) is 23.7 Å². The molecule has 0 atom stereocenters. The summed E-state index contributed by atoms with van der Waals surface area (Å²) >= 11 is 12.1. The van der Waals surface area contributed by atoms with Crippen molar-refractivity contribution in [3.63, 3.8) is 0 Å². The van der Waals surface area contributed by atoms with E-state index in [0.29, 0.717) is 17.3 Å². The van der Waals surface area contributed by atoms with E-state index in [0.717, 1.165) is 6.54 Å². The van der Waals surface area contributed by atoms with E-state index in [1.165, 1.54) is 30.3 Å². The van der Waals surface area contributed by atoms with Gasteiger partial charge in [0.2, 0.25) is 5.91 Å². The molecule has 3 aromatic carbocycles. The number of hydrogen-bond donors (Lipinski definition) is 3. The van der Waals surface area contributed by atoms with Gasteiger partial charge in [-0.15, -0.1) is 0 Å². The molecule has 40 heavy (non-hydrogen) atoms. The number of carbonyl (C=O) groups is 2. The van der Waals surface area contributed by atoms with E-state index in [4.69, 9.17) is 27.9 Å². The van der Waals surface area contributed by atoms with Gasteiger partial charge in [-0.3, -0.25) is 14.3 Å². The Morgan fingerprint density at radius 2 is 1.60 bits per heavy atom. The highest BCUT2D eigenvalue weighted by Gasteiger charge is 2.21. The number of benzene rings is 3. The van der Waals surface area contributed by atoms with E-state index in [2.05, 4.69) is 15.4 Å². The third-order valence-electron chi connectivity index (χ3n) is 5.59. The molecule has 9 nitrogen and oxygen atoms in total. The molecule has 0 aliphatic rings. The first-order chi connectivity index (χ1) is 18.8. The Bertz CT molecular complexity index is 1460. The Hall–Kier alpha value is -3.31. The average Bonchev–Trinajstić information content (AvgIpc) is 2.88. The number of halogens is 2. The van der Waals surface area contributed by atoms with Crippen molar-refractivity contribution in [2.24, 2.45) is 5.41 Å². The molecular weight excluding hydrogens is 575 g/mol. The largest absolute Gasteiger partial charge is 0.454 e. The lowest BCUT2D eigenvalue weighted by Gasteiger charge is -2.28. The number of anilines is 1. The molecule has 0 heterocycles. The van der Waals surface area contributed by atoms with E-state index in [9.17, 15) is 18.0 Å². The summed E-state index contributed by atoms with van der Waals surface area (Å²) in [7, 11) is -0.104. The van der Waals surface area contributed by atoms with Crippen LogP contribution in [0.15, 0.2) is 71.6 Å². The molecule has 0 unspecified atom stereocenters. The van der Waals surface area contributed by atoms with Crippen LogP contribution in [0.2, 0.25) is 10.0 Å². The Morgan fingerprint density at radius 1 is 0.925 bits per heavy atom. The first kappa shape index (κ1) is 31.2. The number of sulfonamides is 1. The second-order valence-corrected chi connectivity index (χ2v) is 12.7. The van der Waals surface area contributed by atoms with Gasteiger partial charge in [0.15, 0.2) is 5.75 Å². The molecule has 214 valence electrons. The van der Waals surface area contributed by atoms with Crippen LogP contribution in [0, 0.1) is 5.41 Å². The molecule has 0 bridgehead atoms. The minimum atomic E-state index is -4.03. The monoisotopic (exact) mass is 606 g/mol. The number of nitrogens with zero attached hydrogens (tertiary/aromatic N) is 1. The molecule has 12 heteroatoms. The zero-order chi connectivity index (χ0) is 29.5. The van der Waals surface area contributed by atoms with Crippen molar-refractivity contribution >= 4 is 50.7 Å². The average molecular weight is 608 g/mol. The molecule has 0 radical (unpaired) electrons. The number of carbonyl (C=O) groups excluding carboxylic acids is 2. The van der Waals surface area contributed by atoms with Crippen LogP contribution in [0.5, 0.6) is 11.5 Å². The number of rotatable bonds is 12. The summed E-state index contributed by atoms with van der Waals surface area (Å²) in [6.45, 7) is 5.13. The molecule has 0 aromatic heterocycles. The molecule has 0 saturated heterocycles. The van der Waals surface area contributed by atoms with Gasteiger partial charge >= 0.3 is 0 Å². The summed E-state index contributed by atoms with van der Waals surface area (Å²) in [5, 5.41) is 6.08. The second-order valence-electron chi connectivity index (χ2n) is 10.2. The summed E-state index contributed by atoms with van der Waals surface area (Å²) in [5.74, 6) is -0.281. The summed E-state index contributed by atoms with van der Waals surface area (Å²) in [6.07, 6.45) is 0. The molecule has 2 amide bonds. The second kappa shape index (κ2) is 13.4. The molecule has 3 aromatic rings. The van der Waals surface area contributed by atoms with Gasteiger partial charge in [-0.1, -0.05) is 49.2 Å². The summed E-state index contributed by atoms with van der Waals surface area (Å²) < 4.78 is 34.5. The van der Waals surface area contributed by atoms with Crippen LogP contribution in [0.3, 0.4) is 0 Å². The van der Waals surface area contributed by atoms with E-state index in [1.807, 2.05) is 32.8 Å². The lowest BCUT2D eigenvalue weighted by molar-refractivity contribution is -0.120. The fourth-order valence-corrected chi connectivity index (χ4v) is 5.40. The molecule has 0 spiro atoms. The van der Waals surface area contributed by atoms with Gasteiger partial charge in [0.05, 0.1) is 22.2 Å². The van der Waals surface area contributed by atoms with Crippen molar-refractivity contribution in [3.8, 4) is 11.5 Å². The van der Waals surface area contributed by atoms with Crippen molar-refractivity contribution in [2.75, 3.05) is 38.5 Å². The summed E-state index contributed by atoms with van der Waals surface area (Å²) in [6, 6.07) is 16.5. The van der Waals surface area contributed by atoms with Crippen molar-refractivity contribution in [1.29, 1.82) is 0 Å². The third kappa shape index (κ3) is 9.12. The maximum Gasteiger partial charge on any atom is 0.262 e. The number of hydrogen-bond acceptors (Lipinski definition) is 6. The van der Waals surface area contributed by atoms with Crippen LogP contribution in [-0.2, 0) is 14.8 Å². The Labute approximate surface area is 244 Å². The molecule has 0 aliphatic carbocycles. The van der Waals surface area contributed by atoms with E-state index in [1.54, 1.807) is 36.4 Å². The molecule has 0 saturated carbocycles. The molecule has 0 aliphatic heterocycles. The lowest BCUT2D eigenvalue weighted by Crippen LogP contribution is -2.43. The Kier molecular flexibility index (Phi) is 10.4. The van der Waals surface area contributed by atoms with Crippen molar-refractivity contribution in [1.82, 2.24) is 15.5 Å². The van der Waals surface area contributed by atoms with Crippen molar-refractivity contribution in [3.05, 3.63) is 82.3 Å². The first-order valence-electron chi connectivity index (χ1n) is 12.3. The normalized spacial score (nSPS) is 11.7. The molecule has 3 rings (SSSR count). The predicted molar refractivity (Wildman–Crippen MR) is 158 cm³/mol. The number of amides is 2. The van der Waals surface area contributed by atoms with Gasteiger partial charge in [-0.25, -0.2) is 8.42 Å². The van der Waals surface area contributed by atoms with E-state index >= 15 is 0 Å². The summed E-state index contributed by atoms with van der Waals surface area (Å²) in [4.78, 5) is 26.7. The fourth-order valence-electron chi connectivity index (χ4n) is 3.88. The Balaban J connectivity index is 1.61. The predicted octanol–water partition coefficient (Wildman–Crippen LogP) is 5.02. The lowest BCUT2D eigenvalue weighted by atomic mass is 9.93.